The monoisotopic (exact) mass is 287 g/mol. The second-order valence-electron chi connectivity index (χ2n) is 5.55. The number of rotatable bonds is 4. The lowest BCUT2D eigenvalue weighted by Gasteiger charge is -2.31. The van der Waals surface area contributed by atoms with Crippen molar-refractivity contribution in [2.75, 3.05) is 26.2 Å². The van der Waals surface area contributed by atoms with Crippen molar-refractivity contribution in [3.05, 3.63) is 30.5 Å². The van der Waals surface area contributed by atoms with E-state index in [0.29, 0.717) is 5.92 Å². The van der Waals surface area contributed by atoms with Gasteiger partial charge in [-0.2, -0.15) is 0 Å². The van der Waals surface area contributed by atoms with E-state index in [4.69, 9.17) is 10.1 Å². The largest absolute Gasteiger partial charge is 0.395 e. The zero-order chi connectivity index (χ0) is 14.7. The summed E-state index contributed by atoms with van der Waals surface area (Å²) in [5, 5.41) is 9.09. The van der Waals surface area contributed by atoms with E-state index in [1.54, 1.807) is 12.4 Å². The average molecular weight is 287 g/mol. The van der Waals surface area contributed by atoms with Crippen LogP contribution in [0.15, 0.2) is 24.8 Å². The number of aryl methyl sites for hydroxylation is 1. The van der Waals surface area contributed by atoms with Crippen LogP contribution in [0.5, 0.6) is 0 Å². The zero-order valence-corrected chi connectivity index (χ0v) is 12.3. The fraction of sp³-hybridized carbons (Fsp3) is 0.533. The maximum atomic E-state index is 9.09. The van der Waals surface area contributed by atoms with E-state index in [-0.39, 0.29) is 6.61 Å². The Bertz CT molecular complexity index is 595. The molecule has 0 radical (unpaired) electrons. The Morgan fingerprint density at radius 3 is 3.05 bits per heavy atom. The Morgan fingerprint density at radius 1 is 1.38 bits per heavy atom. The van der Waals surface area contributed by atoms with Gasteiger partial charge in [0.05, 0.1) is 18.5 Å². The van der Waals surface area contributed by atoms with Crippen LogP contribution < -0.4 is 0 Å². The van der Waals surface area contributed by atoms with Crippen molar-refractivity contribution >= 4 is 0 Å². The smallest absolute Gasteiger partial charge is 0.159 e. The van der Waals surface area contributed by atoms with Crippen LogP contribution in [0.25, 0.3) is 11.5 Å². The first-order valence-electron chi connectivity index (χ1n) is 7.41. The molecule has 1 saturated heterocycles. The van der Waals surface area contributed by atoms with Gasteiger partial charge >= 0.3 is 0 Å². The van der Waals surface area contributed by atoms with Gasteiger partial charge in [-0.25, -0.2) is 9.97 Å². The molecule has 0 amide bonds. The third-order valence-corrected chi connectivity index (χ3v) is 4.04. The molecule has 3 rings (SSSR count). The highest BCUT2D eigenvalue weighted by atomic mass is 16.3. The summed E-state index contributed by atoms with van der Waals surface area (Å²) in [6.07, 6.45) is 9.57. The molecule has 6 heteroatoms. The number of likely N-dealkylation sites (tertiary alicyclic amines) is 1. The predicted molar refractivity (Wildman–Crippen MR) is 79.7 cm³/mol. The van der Waals surface area contributed by atoms with E-state index in [9.17, 15) is 0 Å². The molecule has 0 spiro atoms. The zero-order valence-electron chi connectivity index (χ0n) is 12.3. The third-order valence-electron chi connectivity index (χ3n) is 4.04. The Labute approximate surface area is 124 Å². The lowest BCUT2D eigenvalue weighted by atomic mass is 9.95. The number of aliphatic hydroxyl groups excluding tert-OH is 1. The predicted octanol–water partition coefficient (Wildman–Crippen LogP) is 1.05. The summed E-state index contributed by atoms with van der Waals surface area (Å²) in [6.45, 7) is 2.96. The summed E-state index contributed by atoms with van der Waals surface area (Å²) < 4.78 is 1.95. The van der Waals surface area contributed by atoms with Crippen LogP contribution >= 0.6 is 0 Å². The second-order valence-corrected chi connectivity index (χ2v) is 5.55. The first-order valence-corrected chi connectivity index (χ1v) is 7.41. The number of aliphatic hydroxyl groups is 1. The molecule has 6 nitrogen and oxygen atoms in total. The van der Waals surface area contributed by atoms with Gasteiger partial charge in [0.15, 0.2) is 5.82 Å². The number of β-amino-alcohol motifs (C(OH)–C–C–N with tert-alkyl or cyclic N) is 1. The number of hydrogen-bond acceptors (Lipinski definition) is 5. The normalized spacial score (nSPS) is 19.8. The van der Waals surface area contributed by atoms with Crippen LogP contribution in [0.2, 0.25) is 0 Å². The number of piperidine rings is 1. The van der Waals surface area contributed by atoms with E-state index >= 15 is 0 Å². The fourth-order valence-corrected chi connectivity index (χ4v) is 2.94. The number of nitrogens with zero attached hydrogens (tertiary/aromatic N) is 5. The molecule has 2 aromatic heterocycles. The molecule has 1 fully saturated rings. The van der Waals surface area contributed by atoms with Crippen molar-refractivity contribution < 1.29 is 5.11 Å². The van der Waals surface area contributed by atoms with Crippen molar-refractivity contribution in [3.8, 4) is 11.5 Å². The van der Waals surface area contributed by atoms with Gasteiger partial charge in [0.1, 0.15) is 5.69 Å². The molecule has 21 heavy (non-hydrogen) atoms. The molecule has 1 unspecified atom stereocenters. The molecule has 1 aliphatic heterocycles. The van der Waals surface area contributed by atoms with Gasteiger partial charge in [-0.3, -0.25) is 4.98 Å². The third kappa shape index (κ3) is 3.11. The minimum absolute atomic E-state index is 0.214. The minimum atomic E-state index is 0.214. The molecule has 0 saturated carbocycles. The molecule has 112 valence electrons. The van der Waals surface area contributed by atoms with Gasteiger partial charge in [0.2, 0.25) is 0 Å². The lowest BCUT2D eigenvalue weighted by molar-refractivity contribution is 0.160. The standard InChI is InChI=1S/C15H21N5O/c1-19-6-4-17-15(19)14-10-16-9-13(18-14)12-3-2-5-20(11-12)7-8-21/h4,6,9-10,12,21H,2-3,5,7-8,11H2,1H3. The van der Waals surface area contributed by atoms with Crippen LogP contribution in [-0.4, -0.2) is 55.8 Å². The molecule has 0 bridgehead atoms. The quantitative estimate of drug-likeness (QED) is 0.910. The van der Waals surface area contributed by atoms with Gasteiger partial charge in [-0.15, -0.1) is 0 Å². The van der Waals surface area contributed by atoms with Gasteiger partial charge in [0.25, 0.3) is 0 Å². The summed E-state index contributed by atoms with van der Waals surface area (Å²) in [7, 11) is 1.96. The number of hydrogen-bond donors (Lipinski definition) is 1. The fourth-order valence-electron chi connectivity index (χ4n) is 2.94. The highest BCUT2D eigenvalue weighted by Crippen LogP contribution is 2.26. The molecular formula is C15H21N5O. The Kier molecular flexibility index (Phi) is 4.26. The van der Waals surface area contributed by atoms with Crippen molar-refractivity contribution in [2.24, 2.45) is 7.05 Å². The van der Waals surface area contributed by atoms with E-state index in [1.165, 1.54) is 0 Å². The van der Waals surface area contributed by atoms with E-state index in [0.717, 1.165) is 49.7 Å². The van der Waals surface area contributed by atoms with Gasteiger partial charge < -0.3 is 14.6 Å². The van der Waals surface area contributed by atoms with Crippen molar-refractivity contribution in [3.63, 3.8) is 0 Å². The molecule has 1 atom stereocenters. The number of aromatic nitrogens is 4. The molecule has 2 aromatic rings. The van der Waals surface area contributed by atoms with Crippen LogP contribution in [-0.2, 0) is 7.05 Å². The highest BCUT2D eigenvalue weighted by Gasteiger charge is 2.22. The van der Waals surface area contributed by atoms with Crippen LogP contribution in [0.1, 0.15) is 24.5 Å². The Morgan fingerprint density at radius 2 is 2.29 bits per heavy atom. The summed E-state index contributed by atoms with van der Waals surface area (Å²) >= 11 is 0. The Hall–Kier alpha value is -1.79. The van der Waals surface area contributed by atoms with Crippen LogP contribution in [0.4, 0.5) is 0 Å². The summed E-state index contributed by atoms with van der Waals surface area (Å²) in [4.78, 5) is 15.7. The summed E-state index contributed by atoms with van der Waals surface area (Å²) in [5.74, 6) is 1.23. The maximum absolute atomic E-state index is 9.09. The first kappa shape index (κ1) is 14.2. The van der Waals surface area contributed by atoms with E-state index in [1.807, 2.05) is 24.0 Å². The van der Waals surface area contributed by atoms with Crippen LogP contribution in [0, 0.1) is 0 Å². The Balaban J connectivity index is 1.81. The molecule has 3 heterocycles. The highest BCUT2D eigenvalue weighted by molar-refractivity contribution is 5.48. The van der Waals surface area contributed by atoms with Gasteiger partial charge in [-0.05, 0) is 19.4 Å². The lowest BCUT2D eigenvalue weighted by Crippen LogP contribution is -2.36. The maximum Gasteiger partial charge on any atom is 0.159 e. The first-order chi connectivity index (χ1) is 10.3. The topological polar surface area (TPSA) is 67.1 Å². The van der Waals surface area contributed by atoms with Crippen molar-refractivity contribution in [2.45, 2.75) is 18.8 Å². The molecular weight excluding hydrogens is 266 g/mol. The van der Waals surface area contributed by atoms with Crippen molar-refractivity contribution in [1.29, 1.82) is 0 Å². The molecule has 1 aliphatic rings. The minimum Gasteiger partial charge on any atom is -0.395 e. The summed E-state index contributed by atoms with van der Waals surface area (Å²) in [6, 6.07) is 0. The average Bonchev–Trinajstić information content (AvgIpc) is 2.94. The summed E-state index contributed by atoms with van der Waals surface area (Å²) in [5.41, 5.74) is 1.84. The van der Waals surface area contributed by atoms with E-state index in [2.05, 4.69) is 14.9 Å². The van der Waals surface area contributed by atoms with Gasteiger partial charge in [0, 0.05) is 44.6 Å². The second kappa shape index (κ2) is 6.32. The van der Waals surface area contributed by atoms with E-state index < -0.39 is 0 Å². The van der Waals surface area contributed by atoms with Crippen LogP contribution in [0.3, 0.4) is 0 Å². The molecule has 0 aromatic carbocycles. The SMILES string of the molecule is Cn1ccnc1-c1cncc(C2CCCN(CCO)C2)n1. The van der Waals surface area contributed by atoms with Crippen molar-refractivity contribution in [1.82, 2.24) is 24.4 Å². The van der Waals surface area contributed by atoms with Gasteiger partial charge in [-0.1, -0.05) is 0 Å². The molecule has 0 aliphatic carbocycles. The number of imidazole rings is 1. The molecule has 1 N–H and O–H groups in total.